The summed E-state index contributed by atoms with van der Waals surface area (Å²) >= 11 is 0. The van der Waals surface area contributed by atoms with Gasteiger partial charge in [-0.15, -0.1) is 0 Å². The molecule has 1 aliphatic rings. The lowest BCUT2D eigenvalue weighted by atomic mass is 9.87. The molecule has 0 spiro atoms. The molecule has 3 rings (SSSR count). The maximum absolute atomic E-state index is 10.8. The quantitative estimate of drug-likeness (QED) is 0.810. The lowest BCUT2D eigenvalue weighted by Gasteiger charge is -2.22. The fourth-order valence-electron chi connectivity index (χ4n) is 2.34. The van der Waals surface area contributed by atoms with E-state index in [0.717, 1.165) is 22.4 Å². The van der Waals surface area contributed by atoms with Gasteiger partial charge in [0.05, 0.1) is 0 Å². The van der Waals surface area contributed by atoms with Crippen LogP contribution in [0.2, 0.25) is 0 Å². The summed E-state index contributed by atoms with van der Waals surface area (Å²) < 4.78 is 5.56. The zero-order valence-electron chi connectivity index (χ0n) is 9.68. The minimum Gasteiger partial charge on any atom is -0.489 e. The monoisotopic (exact) mass is 226 g/mol. The van der Waals surface area contributed by atoms with Crippen molar-refractivity contribution >= 4 is 0 Å². The number of aliphatic hydroxyl groups is 1. The topological polar surface area (TPSA) is 29.5 Å². The van der Waals surface area contributed by atoms with Gasteiger partial charge in [-0.1, -0.05) is 48.0 Å². The van der Waals surface area contributed by atoms with Gasteiger partial charge in [-0.3, -0.25) is 0 Å². The Morgan fingerprint density at radius 2 is 1.94 bits per heavy atom. The third-order valence-electron chi connectivity index (χ3n) is 3.26. The molecule has 0 saturated heterocycles. The van der Waals surface area contributed by atoms with Crippen LogP contribution in [-0.4, -0.2) is 11.7 Å². The van der Waals surface area contributed by atoms with Crippen LogP contribution < -0.4 is 4.74 Å². The summed E-state index contributed by atoms with van der Waals surface area (Å²) in [6.07, 6.45) is 0. The van der Waals surface area contributed by atoms with Crippen molar-refractivity contribution in [1.29, 1.82) is 0 Å². The summed E-state index contributed by atoms with van der Waals surface area (Å²) in [6.45, 7) is 2.31. The average molecular weight is 226 g/mol. The van der Waals surface area contributed by atoms with Crippen molar-refractivity contribution in [2.75, 3.05) is 6.61 Å². The van der Waals surface area contributed by atoms with Crippen LogP contribution in [0.25, 0.3) is 0 Å². The number of benzene rings is 2. The van der Waals surface area contributed by atoms with Crippen LogP contribution in [0.5, 0.6) is 5.75 Å². The van der Waals surface area contributed by atoms with E-state index in [1.807, 2.05) is 55.5 Å². The highest BCUT2D eigenvalue weighted by Crippen LogP contribution is 2.41. The van der Waals surface area contributed by atoms with E-state index in [1.54, 1.807) is 0 Å². The lowest BCUT2D eigenvalue weighted by Crippen LogP contribution is -2.28. The number of fused-ring (bicyclic) bond motifs is 1. The first-order valence-corrected chi connectivity index (χ1v) is 5.72. The molecule has 1 heterocycles. The first-order chi connectivity index (χ1) is 8.20. The van der Waals surface area contributed by atoms with Gasteiger partial charge in [-0.2, -0.15) is 0 Å². The summed E-state index contributed by atoms with van der Waals surface area (Å²) in [5, 5.41) is 10.8. The van der Waals surface area contributed by atoms with E-state index in [9.17, 15) is 5.11 Å². The van der Waals surface area contributed by atoms with Crippen LogP contribution in [0, 0.1) is 6.92 Å². The Bertz CT molecular complexity index is 562. The van der Waals surface area contributed by atoms with E-state index < -0.39 is 5.60 Å². The SMILES string of the molecule is Cc1cccc([C@]2(O)COc3ccccc32)c1. The molecule has 0 bridgehead atoms. The van der Waals surface area contributed by atoms with E-state index in [-0.39, 0.29) is 6.61 Å². The van der Waals surface area contributed by atoms with Gasteiger partial charge in [0, 0.05) is 5.56 Å². The first kappa shape index (κ1) is 10.4. The Balaban J connectivity index is 2.15. The molecule has 0 radical (unpaired) electrons. The predicted octanol–water partition coefficient (Wildman–Crippen LogP) is 2.62. The molecule has 1 N–H and O–H groups in total. The van der Waals surface area contributed by atoms with Gasteiger partial charge >= 0.3 is 0 Å². The Hall–Kier alpha value is -1.80. The normalized spacial score (nSPS) is 22.0. The summed E-state index contributed by atoms with van der Waals surface area (Å²) in [7, 11) is 0. The fourth-order valence-corrected chi connectivity index (χ4v) is 2.34. The van der Waals surface area contributed by atoms with Gasteiger partial charge < -0.3 is 9.84 Å². The number of ether oxygens (including phenoxy) is 1. The van der Waals surface area contributed by atoms with Crippen LogP contribution >= 0.6 is 0 Å². The van der Waals surface area contributed by atoms with Gasteiger partial charge in [0.15, 0.2) is 5.60 Å². The molecule has 0 aliphatic carbocycles. The zero-order valence-corrected chi connectivity index (χ0v) is 9.68. The molecule has 86 valence electrons. The molecule has 17 heavy (non-hydrogen) atoms. The second-order valence-corrected chi connectivity index (χ2v) is 4.51. The average Bonchev–Trinajstić information content (AvgIpc) is 2.69. The molecule has 2 nitrogen and oxygen atoms in total. The van der Waals surface area contributed by atoms with Gasteiger partial charge in [-0.25, -0.2) is 0 Å². The van der Waals surface area contributed by atoms with Crippen molar-refractivity contribution < 1.29 is 9.84 Å². The standard InChI is InChI=1S/C15H14O2/c1-11-5-4-6-12(9-11)15(16)10-17-14-8-3-2-7-13(14)15/h2-9,16H,10H2,1H3/t15-/m1/s1. The van der Waals surface area contributed by atoms with Crippen LogP contribution in [0.15, 0.2) is 48.5 Å². The van der Waals surface area contributed by atoms with Crippen molar-refractivity contribution in [2.24, 2.45) is 0 Å². The van der Waals surface area contributed by atoms with E-state index in [0.29, 0.717) is 0 Å². The van der Waals surface area contributed by atoms with E-state index >= 15 is 0 Å². The highest BCUT2D eigenvalue weighted by atomic mass is 16.5. The minimum atomic E-state index is -1.01. The molecular weight excluding hydrogens is 212 g/mol. The molecule has 1 aliphatic heterocycles. The largest absolute Gasteiger partial charge is 0.489 e. The smallest absolute Gasteiger partial charge is 0.152 e. The van der Waals surface area contributed by atoms with Crippen molar-refractivity contribution in [3.05, 3.63) is 65.2 Å². The molecule has 2 aromatic rings. The highest BCUT2D eigenvalue weighted by molar-refractivity contribution is 5.48. The Morgan fingerprint density at radius 3 is 2.76 bits per heavy atom. The predicted molar refractivity (Wildman–Crippen MR) is 66.1 cm³/mol. The van der Waals surface area contributed by atoms with Crippen LogP contribution in [0.4, 0.5) is 0 Å². The third kappa shape index (κ3) is 1.53. The molecule has 1 atom stereocenters. The molecule has 2 aromatic carbocycles. The van der Waals surface area contributed by atoms with E-state index in [2.05, 4.69) is 0 Å². The van der Waals surface area contributed by atoms with Crippen LogP contribution in [0.1, 0.15) is 16.7 Å². The third-order valence-corrected chi connectivity index (χ3v) is 3.26. The van der Waals surface area contributed by atoms with Gasteiger partial charge in [0.1, 0.15) is 12.4 Å². The zero-order chi connectivity index (χ0) is 11.9. The second-order valence-electron chi connectivity index (χ2n) is 4.51. The molecular formula is C15H14O2. The van der Waals surface area contributed by atoms with Crippen LogP contribution in [0.3, 0.4) is 0 Å². The molecule has 0 saturated carbocycles. The minimum absolute atomic E-state index is 0.287. The van der Waals surface area contributed by atoms with Crippen LogP contribution in [-0.2, 0) is 5.60 Å². The van der Waals surface area contributed by atoms with Crippen molar-refractivity contribution in [1.82, 2.24) is 0 Å². The molecule has 0 amide bonds. The Kier molecular flexibility index (Phi) is 2.20. The summed E-state index contributed by atoms with van der Waals surface area (Å²) in [6, 6.07) is 15.6. The maximum Gasteiger partial charge on any atom is 0.152 e. The summed E-state index contributed by atoms with van der Waals surface area (Å²) in [4.78, 5) is 0. The van der Waals surface area contributed by atoms with Crippen molar-refractivity contribution in [2.45, 2.75) is 12.5 Å². The van der Waals surface area contributed by atoms with Gasteiger partial charge in [0.2, 0.25) is 0 Å². The number of hydrogen-bond donors (Lipinski definition) is 1. The van der Waals surface area contributed by atoms with E-state index in [1.165, 1.54) is 0 Å². The first-order valence-electron chi connectivity index (χ1n) is 5.72. The molecule has 0 aromatic heterocycles. The second kappa shape index (κ2) is 3.60. The lowest BCUT2D eigenvalue weighted by molar-refractivity contribution is 0.0559. The highest BCUT2D eigenvalue weighted by Gasteiger charge is 2.40. The summed E-state index contributed by atoms with van der Waals surface area (Å²) in [5.41, 5.74) is 1.87. The summed E-state index contributed by atoms with van der Waals surface area (Å²) in [5.74, 6) is 0.775. The van der Waals surface area contributed by atoms with Crippen molar-refractivity contribution in [3.63, 3.8) is 0 Å². The number of para-hydroxylation sites is 1. The molecule has 0 fully saturated rings. The van der Waals surface area contributed by atoms with Gasteiger partial charge in [-0.05, 0) is 18.6 Å². The molecule has 0 unspecified atom stereocenters. The van der Waals surface area contributed by atoms with Gasteiger partial charge in [0.25, 0.3) is 0 Å². The van der Waals surface area contributed by atoms with E-state index in [4.69, 9.17) is 4.74 Å². The van der Waals surface area contributed by atoms with Crippen molar-refractivity contribution in [3.8, 4) is 5.75 Å². The Labute approximate surface area is 100 Å². The fraction of sp³-hybridized carbons (Fsp3) is 0.200. The maximum atomic E-state index is 10.8. The number of aryl methyl sites for hydroxylation is 1. The number of hydrogen-bond acceptors (Lipinski definition) is 2. The Morgan fingerprint density at radius 1 is 1.12 bits per heavy atom. The molecule has 2 heteroatoms. The number of rotatable bonds is 1.